The lowest BCUT2D eigenvalue weighted by Crippen LogP contribution is -2.41. The maximum atomic E-state index is 13.9. The second kappa shape index (κ2) is 9.18. The molecule has 0 spiro atoms. The Balaban J connectivity index is 1.56. The van der Waals surface area contributed by atoms with E-state index in [0.717, 1.165) is 22.4 Å². The summed E-state index contributed by atoms with van der Waals surface area (Å²) in [6, 6.07) is 30.7. The summed E-state index contributed by atoms with van der Waals surface area (Å²) in [6.45, 7) is 1.91. The zero-order valence-corrected chi connectivity index (χ0v) is 22.8. The normalized spacial score (nSPS) is 27.4. The summed E-state index contributed by atoms with van der Waals surface area (Å²) in [5.41, 5.74) is 2.74. The lowest BCUT2D eigenvalue weighted by atomic mass is 9.65. The van der Waals surface area contributed by atoms with Crippen molar-refractivity contribution < 1.29 is 14.7 Å². The summed E-state index contributed by atoms with van der Waals surface area (Å²) in [5.74, 6) is -2.05. The molecule has 5 unspecified atom stereocenters. The first-order valence-electron chi connectivity index (χ1n) is 13.8. The zero-order valence-electron chi connectivity index (χ0n) is 22.8. The first-order chi connectivity index (χ1) is 19.9. The third-order valence-corrected chi connectivity index (χ3v) is 9.26. The van der Waals surface area contributed by atoms with Gasteiger partial charge in [0, 0.05) is 36.9 Å². The van der Waals surface area contributed by atoms with E-state index < -0.39 is 28.8 Å². The number of hydrogen-bond acceptors (Lipinski definition) is 5. The predicted octanol–water partition coefficient (Wildman–Crippen LogP) is 5.02. The van der Waals surface area contributed by atoms with Gasteiger partial charge >= 0.3 is 0 Å². The molecule has 0 radical (unpaired) electrons. The van der Waals surface area contributed by atoms with Crippen LogP contribution < -0.4 is 0 Å². The highest BCUT2D eigenvalue weighted by Crippen LogP contribution is 2.69. The van der Waals surface area contributed by atoms with Crippen LogP contribution in [-0.2, 0) is 15.2 Å². The molecular weight excluding hydrogens is 510 g/mol. The largest absolute Gasteiger partial charge is 0.375 e. The molecule has 2 fully saturated rings. The average molecular weight is 540 g/mol. The number of fused-ring (bicyclic) bond motifs is 5. The number of carbonyl (C=O) groups excluding carboxylic acids is 2. The molecule has 2 aromatic carbocycles. The molecule has 3 aliphatic rings. The van der Waals surface area contributed by atoms with Gasteiger partial charge < -0.3 is 5.11 Å². The van der Waals surface area contributed by atoms with Crippen LogP contribution in [0, 0.1) is 23.2 Å². The fourth-order valence-corrected chi connectivity index (χ4v) is 7.42. The Kier molecular flexibility index (Phi) is 5.66. The highest BCUT2D eigenvalue weighted by atomic mass is 16.3. The number of hydrogen-bond donors (Lipinski definition) is 1. The summed E-state index contributed by atoms with van der Waals surface area (Å²) >= 11 is 0. The number of carbonyl (C=O) groups is 2. The van der Waals surface area contributed by atoms with Gasteiger partial charge in [-0.25, -0.2) is 0 Å². The van der Waals surface area contributed by atoms with Crippen molar-refractivity contribution in [3.8, 4) is 0 Å². The number of allylic oxidation sites excluding steroid dienone is 2. The van der Waals surface area contributed by atoms with E-state index in [1.165, 1.54) is 4.90 Å². The Hall–Kier alpha value is -4.68. The quantitative estimate of drug-likeness (QED) is 0.284. The molecule has 5 atom stereocenters. The van der Waals surface area contributed by atoms with E-state index in [4.69, 9.17) is 4.98 Å². The molecule has 4 aromatic rings. The van der Waals surface area contributed by atoms with Crippen LogP contribution in [0.4, 0.5) is 0 Å². The Morgan fingerprint density at radius 1 is 0.854 bits per heavy atom. The van der Waals surface area contributed by atoms with Gasteiger partial charge in [0.2, 0.25) is 11.8 Å². The van der Waals surface area contributed by atoms with Crippen molar-refractivity contribution in [1.82, 2.24) is 14.9 Å². The predicted molar refractivity (Wildman–Crippen MR) is 155 cm³/mol. The second-order valence-corrected chi connectivity index (χ2v) is 11.2. The van der Waals surface area contributed by atoms with Gasteiger partial charge in [-0.3, -0.25) is 24.5 Å². The maximum Gasteiger partial charge on any atom is 0.236 e. The van der Waals surface area contributed by atoms with E-state index in [-0.39, 0.29) is 11.8 Å². The molecule has 6 nitrogen and oxygen atoms in total. The number of pyridine rings is 2. The summed E-state index contributed by atoms with van der Waals surface area (Å²) in [7, 11) is 1.57. The topological polar surface area (TPSA) is 83.4 Å². The highest BCUT2D eigenvalue weighted by Gasteiger charge is 2.72. The minimum Gasteiger partial charge on any atom is -0.375 e. The van der Waals surface area contributed by atoms with E-state index in [1.807, 2.05) is 110 Å². The molecule has 2 amide bonds. The van der Waals surface area contributed by atoms with Crippen LogP contribution in [0.1, 0.15) is 29.4 Å². The molecular formula is C35H29N3O3. The monoisotopic (exact) mass is 539 g/mol. The third-order valence-electron chi connectivity index (χ3n) is 9.26. The molecule has 2 aliphatic carbocycles. The Morgan fingerprint density at radius 2 is 1.49 bits per heavy atom. The number of imide groups is 1. The van der Waals surface area contributed by atoms with Crippen molar-refractivity contribution in [2.45, 2.75) is 12.5 Å². The Bertz CT molecular complexity index is 1640. The molecule has 41 heavy (non-hydrogen) atoms. The van der Waals surface area contributed by atoms with Crippen molar-refractivity contribution in [2.75, 3.05) is 7.05 Å². The minimum absolute atomic E-state index is 0.192. The van der Waals surface area contributed by atoms with Crippen molar-refractivity contribution in [2.24, 2.45) is 23.2 Å². The smallest absolute Gasteiger partial charge is 0.236 e. The molecule has 3 heterocycles. The van der Waals surface area contributed by atoms with Crippen LogP contribution in [0.15, 0.2) is 127 Å². The lowest BCUT2D eigenvalue weighted by molar-refractivity contribution is -0.140. The summed E-state index contributed by atoms with van der Waals surface area (Å²) in [6.07, 6.45) is 5.46. The van der Waals surface area contributed by atoms with Crippen molar-refractivity contribution in [3.63, 3.8) is 0 Å². The van der Waals surface area contributed by atoms with E-state index in [1.54, 1.807) is 19.4 Å². The maximum absolute atomic E-state index is 13.9. The van der Waals surface area contributed by atoms with Crippen LogP contribution in [0.5, 0.6) is 0 Å². The number of nitrogens with zero attached hydrogens (tertiary/aromatic N) is 3. The van der Waals surface area contributed by atoms with Crippen LogP contribution in [0.3, 0.4) is 0 Å². The van der Waals surface area contributed by atoms with Gasteiger partial charge in [-0.15, -0.1) is 0 Å². The molecule has 202 valence electrons. The number of aliphatic hydroxyl groups is 1. The SMILES string of the molecule is CN1C(=O)C2C3C(C(O)(c4ccccc4)c4ccccn4)=CC(/C3=C(/c3ccccc3)c3ccccn3)C2(C)C1=O. The van der Waals surface area contributed by atoms with Crippen molar-refractivity contribution in [3.05, 3.63) is 149 Å². The summed E-state index contributed by atoms with van der Waals surface area (Å²) < 4.78 is 0. The fraction of sp³-hybridized carbons (Fsp3) is 0.200. The van der Waals surface area contributed by atoms with E-state index in [0.29, 0.717) is 16.8 Å². The number of benzene rings is 2. The number of amides is 2. The van der Waals surface area contributed by atoms with Crippen molar-refractivity contribution >= 4 is 17.4 Å². The van der Waals surface area contributed by atoms with E-state index in [2.05, 4.69) is 4.98 Å². The Morgan fingerprint density at radius 3 is 2.12 bits per heavy atom. The van der Waals surface area contributed by atoms with Gasteiger partial charge in [-0.2, -0.15) is 0 Å². The van der Waals surface area contributed by atoms with Gasteiger partial charge in [0.05, 0.1) is 22.7 Å². The molecule has 1 saturated carbocycles. The number of rotatable bonds is 5. The third kappa shape index (κ3) is 3.40. The number of likely N-dealkylation sites (tertiary alicyclic amines) is 1. The van der Waals surface area contributed by atoms with Crippen LogP contribution >= 0.6 is 0 Å². The van der Waals surface area contributed by atoms with Gasteiger partial charge in [-0.1, -0.05) is 78.9 Å². The first kappa shape index (κ1) is 25.3. The summed E-state index contributed by atoms with van der Waals surface area (Å²) in [5, 5.41) is 12.9. The van der Waals surface area contributed by atoms with Gasteiger partial charge in [0.25, 0.3) is 0 Å². The van der Waals surface area contributed by atoms with Gasteiger partial charge in [0.15, 0.2) is 5.60 Å². The zero-order chi connectivity index (χ0) is 28.4. The molecule has 1 N–H and O–H groups in total. The number of aromatic nitrogens is 2. The summed E-state index contributed by atoms with van der Waals surface area (Å²) in [4.78, 5) is 38.3. The van der Waals surface area contributed by atoms with Crippen LogP contribution in [-0.4, -0.2) is 38.8 Å². The molecule has 1 aliphatic heterocycles. The van der Waals surface area contributed by atoms with Crippen LogP contribution in [0.2, 0.25) is 0 Å². The second-order valence-electron chi connectivity index (χ2n) is 11.2. The van der Waals surface area contributed by atoms with Gasteiger partial charge in [0.1, 0.15) is 0 Å². The fourth-order valence-electron chi connectivity index (χ4n) is 7.42. The molecule has 2 aromatic heterocycles. The molecule has 1 saturated heterocycles. The van der Waals surface area contributed by atoms with E-state index in [9.17, 15) is 14.7 Å². The molecule has 6 heteroatoms. The minimum atomic E-state index is -1.62. The molecule has 7 rings (SSSR count). The first-order valence-corrected chi connectivity index (χ1v) is 13.8. The van der Waals surface area contributed by atoms with Gasteiger partial charge in [-0.05, 0) is 53.5 Å². The van der Waals surface area contributed by atoms with Crippen LogP contribution in [0.25, 0.3) is 5.57 Å². The lowest BCUT2D eigenvalue weighted by Gasteiger charge is -2.38. The van der Waals surface area contributed by atoms with E-state index >= 15 is 0 Å². The Labute approximate surface area is 238 Å². The molecule has 2 bridgehead atoms. The standard InChI is InChI=1S/C35H29N3O3/c1-34-24-21-25(35(41,23-15-7-4-8-16-23)27-18-10-12-20-37-27)30(31(34)32(39)38(2)33(34)40)29(24)28(22-13-5-3-6-14-22)26-17-9-11-19-36-26/h3-21,24,30-31,41H,1-2H3/b29-28+. The highest BCUT2D eigenvalue weighted by molar-refractivity contribution is 6.10. The van der Waals surface area contributed by atoms with Crippen molar-refractivity contribution in [1.29, 1.82) is 0 Å². The average Bonchev–Trinajstić information content (AvgIpc) is 3.58.